The van der Waals surface area contributed by atoms with Crippen molar-refractivity contribution in [3.63, 3.8) is 0 Å². The standard InChI is InChI=1S/C16H20OP2/c1-11-7-5-9-13(15(11)17)18-16-12(2)8-6-10-14(16)19(3)4/h5-10,17-18H,1-4H3. The van der Waals surface area contributed by atoms with Gasteiger partial charge in [0.15, 0.2) is 0 Å². The molecule has 0 bridgehead atoms. The Bertz CT molecular complexity index is 591. The van der Waals surface area contributed by atoms with Crippen LogP contribution in [0.25, 0.3) is 0 Å². The molecule has 0 aliphatic heterocycles. The first-order chi connectivity index (χ1) is 9.00. The molecule has 1 N–H and O–H groups in total. The molecule has 0 spiro atoms. The molecule has 0 saturated heterocycles. The van der Waals surface area contributed by atoms with Gasteiger partial charge in [0, 0.05) is 5.30 Å². The van der Waals surface area contributed by atoms with Crippen LogP contribution in [-0.2, 0) is 0 Å². The second kappa shape index (κ2) is 6.04. The Hall–Kier alpha value is -0.900. The minimum atomic E-state index is -0.121. The summed E-state index contributed by atoms with van der Waals surface area (Å²) in [7, 11) is 0.408. The highest BCUT2D eigenvalue weighted by Gasteiger charge is 2.12. The van der Waals surface area contributed by atoms with E-state index in [9.17, 15) is 5.11 Å². The van der Waals surface area contributed by atoms with Crippen molar-refractivity contribution in [3.05, 3.63) is 47.5 Å². The molecule has 0 aromatic heterocycles. The largest absolute Gasteiger partial charge is 0.507 e. The maximum atomic E-state index is 10.2. The molecular weight excluding hydrogens is 270 g/mol. The highest BCUT2D eigenvalue weighted by Crippen LogP contribution is 2.28. The summed E-state index contributed by atoms with van der Waals surface area (Å²) in [6.45, 7) is 8.69. The van der Waals surface area contributed by atoms with E-state index >= 15 is 0 Å². The predicted molar refractivity (Wildman–Crippen MR) is 90.0 cm³/mol. The lowest BCUT2D eigenvalue weighted by Crippen LogP contribution is -2.23. The van der Waals surface area contributed by atoms with E-state index in [2.05, 4.69) is 38.5 Å². The molecule has 100 valence electrons. The number of aromatic hydroxyl groups is 1. The second-order valence-electron chi connectivity index (χ2n) is 4.96. The monoisotopic (exact) mass is 290 g/mol. The zero-order valence-electron chi connectivity index (χ0n) is 11.9. The molecule has 0 aliphatic rings. The van der Waals surface area contributed by atoms with E-state index in [1.165, 1.54) is 16.2 Å². The Balaban J connectivity index is 2.46. The highest BCUT2D eigenvalue weighted by molar-refractivity contribution is 7.67. The first kappa shape index (κ1) is 14.5. The average Bonchev–Trinajstić information content (AvgIpc) is 2.36. The smallest absolute Gasteiger partial charge is 0.126 e. The van der Waals surface area contributed by atoms with Gasteiger partial charge < -0.3 is 5.11 Å². The fraction of sp³-hybridized carbons (Fsp3) is 0.250. The number of para-hydroxylation sites is 1. The zero-order valence-corrected chi connectivity index (χ0v) is 13.8. The Morgan fingerprint density at radius 1 is 0.947 bits per heavy atom. The number of phenols is 1. The molecule has 0 radical (unpaired) electrons. The van der Waals surface area contributed by atoms with E-state index in [0.29, 0.717) is 14.3 Å². The molecule has 1 unspecified atom stereocenters. The van der Waals surface area contributed by atoms with Crippen molar-refractivity contribution >= 4 is 32.4 Å². The minimum Gasteiger partial charge on any atom is -0.507 e. The van der Waals surface area contributed by atoms with Crippen LogP contribution in [0.5, 0.6) is 5.75 Å². The van der Waals surface area contributed by atoms with Gasteiger partial charge in [0.05, 0.1) is 0 Å². The van der Waals surface area contributed by atoms with Gasteiger partial charge in [0.25, 0.3) is 0 Å². The summed E-state index contributed by atoms with van der Waals surface area (Å²) in [5.41, 5.74) is 2.28. The summed E-state index contributed by atoms with van der Waals surface area (Å²) in [5, 5.41) is 14.1. The number of hydrogen-bond donors (Lipinski definition) is 1. The maximum Gasteiger partial charge on any atom is 0.126 e. The second-order valence-corrected chi connectivity index (χ2v) is 8.52. The molecule has 2 aromatic carbocycles. The topological polar surface area (TPSA) is 20.2 Å². The third-order valence-corrected chi connectivity index (χ3v) is 6.36. The first-order valence-electron chi connectivity index (χ1n) is 6.33. The van der Waals surface area contributed by atoms with Gasteiger partial charge in [-0.3, -0.25) is 0 Å². The van der Waals surface area contributed by atoms with Gasteiger partial charge in [-0.15, -0.1) is 0 Å². The number of rotatable bonds is 3. The van der Waals surface area contributed by atoms with Gasteiger partial charge in [-0.2, -0.15) is 0 Å². The number of hydrogen-bond acceptors (Lipinski definition) is 1. The van der Waals surface area contributed by atoms with Crippen LogP contribution in [0.15, 0.2) is 36.4 Å². The summed E-state index contributed by atoms with van der Waals surface area (Å²) in [6.07, 6.45) is 0. The van der Waals surface area contributed by atoms with Crippen LogP contribution in [0, 0.1) is 13.8 Å². The van der Waals surface area contributed by atoms with Crippen LogP contribution in [0.3, 0.4) is 0 Å². The Kier molecular flexibility index (Phi) is 4.61. The van der Waals surface area contributed by atoms with Crippen LogP contribution < -0.4 is 15.9 Å². The van der Waals surface area contributed by atoms with Crippen molar-refractivity contribution in [2.75, 3.05) is 13.3 Å². The van der Waals surface area contributed by atoms with E-state index < -0.39 is 0 Å². The van der Waals surface area contributed by atoms with Gasteiger partial charge in [-0.1, -0.05) is 52.9 Å². The van der Waals surface area contributed by atoms with Gasteiger partial charge in [-0.05, 0) is 48.9 Å². The summed E-state index contributed by atoms with van der Waals surface area (Å²) >= 11 is 0. The molecule has 2 aromatic rings. The van der Waals surface area contributed by atoms with E-state index in [-0.39, 0.29) is 7.92 Å². The quantitative estimate of drug-likeness (QED) is 0.862. The number of aryl methyl sites for hydroxylation is 2. The molecule has 0 fully saturated rings. The average molecular weight is 290 g/mol. The third-order valence-electron chi connectivity index (χ3n) is 3.23. The molecule has 0 amide bonds. The fourth-order valence-corrected chi connectivity index (χ4v) is 5.18. The Morgan fingerprint density at radius 2 is 1.58 bits per heavy atom. The van der Waals surface area contributed by atoms with E-state index in [0.717, 1.165) is 10.9 Å². The van der Waals surface area contributed by atoms with Gasteiger partial charge in [-0.25, -0.2) is 0 Å². The van der Waals surface area contributed by atoms with Crippen LogP contribution in [0.1, 0.15) is 11.1 Å². The number of phenolic OH excluding ortho intramolecular Hbond substituents is 1. The fourth-order valence-electron chi connectivity index (χ4n) is 2.08. The van der Waals surface area contributed by atoms with Crippen molar-refractivity contribution in [1.82, 2.24) is 0 Å². The Labute approximate surface area is 118 Å². The molecule has 2 rings (SSSR count). The summed E-state index contributed by atoms with van der Waals surface area (Å²) in [5.74, 6) is 0.451. The molecular formula is C16H20OP2. The molecule has 0 heterocycles. The van der Waals surface area contributed by atoms with Crippen molar-refractivity contribution in [3.8, 4) is 5.75 Å². The SMILES string of the molecule is Cc1cccc(Pc2c(C)cccc2P(C)C)c1O. The van der Waals surface area contributed by atoms with Crippen LogP contribution in [-0.4, -0.2) is 18.4 Å². The van der Waals surface area contributed by atoms with Crippen molar-refractivity contribution in [1.29, 1.82) is 0 Å². The van der Waals surface area contributed by atoms with E-state index in [1.807, 2.05) is 25.1 Å². The van der Waals surface area contributed by atoms with Crippen LogP contribution in [0.4, 0.5) is 0 Å². The molecule has 19 heavy (non-hydrogen) atoms. The van der Waals surface area contributed by atoms with Gasteiger partial charge in [0.1, 0.15) is 5.75 Å². The third kappa shape index (κ3) is 3.16. The minimum absolute atomic E-state index is 0.121. The number of benzene rings is 2. The zero-order chi connectivity index (χ0) is 14.0. The van der Waals surface area contributed by atoms with Gasteiger partial charge in [0.2, 0.25) is 0 Å². The lowest BCUT2D eigenvalue weighted by Gasteiger charge is -2.16. The van der Waals surface area contributed by atoms with E-state index in [1.54, 1.807) is 0 Å². The highest BCUT2D eigenvalue weighted by atomic mass is 31.1. The Morgan fingerprint density at radius 3 is 2.26 bits per heavy atom. The lowest BCUT2D eigenvalue weighted by molar-refractivity contribution is 0.475. The first-order valence-corrected chi connectivity index (χ1v) is 9.57. The van der Waals surface area contributed by atoms with Crippen molar-refractivity contribution in [2.24, 2.45) is 0 Å². The predicted octanol–water partition coefficient (Wildman–Crippen LogP) is 3.01. The summed E-state index contributed by atoms with van der Waals surface area (Å²) in [6, 6.07) is 12.5. The maximum absolute atomic E-state index is 10.2. The van der Waals surface area contributed by atoms with E-state index in [4.69, 9.17) is 0 Å². The van der Waals surface area contributed by atoms with Crippen molar-refractivity contribution < 1.29 is 5.11 Å². The summed E-state index contributed by atoms with van der Waals surface area (Å²) < 4.78 is 0. The molecule has 0 aliphatic carbocycles. The normalized spacial score (nSPS) is 11.6. The molecule has 1 atom stereocenters. The molecule has 3 heteroatoms. The van der Waals surface area contributed by atoms with Crippen LogP contribution >= 0.6 is 16.5 Å². The summed E-state index contributed by atoms with van der Waals surface area (Å²) in [4.78, 5) is 0. The molecule has 0 saturated carbocycles. The van der Waals surface area contributed by atoms with Gasteiger partial charge >= 0.3 is 0 Å². The lowest BCUT2D eigenvalue weighted by atomic mass is 10.2. The van der Waals surface area contributed by atoms with Crippen molar-refractivity contribution in [2.45, 2.75) is 13.8 Å². The van der Waals surface area contributed by atoms with Crippen LogP contribution in [0.2, 0.25) is 0 Å². The molecule has 1 nitrogen and oxygen atoms in total.